The van der Waals surface area contributed by atoms with E-state index in [4.69, 9.17) is 9.73 Å². The number of hydrogen-bond acceptors (Lipinski definition) is 7. The molecule has 10 heteroatoms. The minimum Gasteiger partial charge on any atom is -0.497 e. The van der Waals surface area contributed by atoms with Crippen molar-refractivity contribution in [1.29, 1.82) is 0 Å². The van der Waals surface area contributed by atoms with Crippen molar-refractivity contribution in [2.45, 2.75) is 30.6 Å². The van der Waals surface area contributed by atoms with Gasteiger partial charge >= 0.3 is 0 Å². The molecule has 1 amide bonds. The molecule has 8 nitrogen and oxygen atoms in total. The number of aryl methyl sites for hydroxylation is 1. The number of nitro benzene ring substituents is 1. The molecule has 5 rings (SSSR count). The number of benzene rings is 3. The predicted octanol–water partition coefficient (Wildman–Crippen LogP) is 7.79. The maximum atomic E-state index is 13.2. The number of amides is 1. The second-order valence-corrected chi connectivity index (χ2v) is 11.4. The van der Waals surface area contributed by atoms with Gasteiger partial charge in [0.25, 0.3) is 11.6 Å². The summed E-state index contributed by atoms with van der Waals surface area (Å²) in [5.41, 5.74) is 4.91. The van der Waals surface area contributed by atoms with E-state index < -0.39 is 4.92 Å². The van der Waals surface area contributed by atoms with Gasteiger partial charge in [-0.1, -0.05) is 11.8 Å². The first-order valence-corrected chi connectivity index (χ1v) is 14.6. The van der Waals surface area contributed by atoms with Crippen LogP contribution in [0.3, 0.4) is 0 Å². The molecule has 0 saturated carbocycles. The Balaban J connectivity index is 1.36. The fraction of sp³-hybridized carbons (Fsp3) is 0.161. The van der Waals surface area contributed by atoms with Gasteiger partial charge in [-0.3, -0.25) is 19.8 Å². The van der Waals surface area contributed by atoms with E-state index in [0.717, 1.165) is 43.9 Å². The summed E-state index contributed by atoms with van der Waals surface area (Å²) in [5, 5.41) is 11.6. The highest BCUT2D eigenvalue weighted by atomic mass is 32.2. The van der Waals surface area contributed by atoms with Crippen LogP contribution in [0.4, 0.5) is 11.4 Å². The molecule has 1 aromatic heterocycles. The number of carbonyl (C=O) groups excluding carboxylic acids is 1. The molecule has 0 N–H and O–H groups in total. The van der Waals surface area contributed by atoms with E-state index >= 15 is 0 Å². The second kappa shape index (κ2) is 12.1. The van der Waals surface area contributed by atoms with Crippen molar-refractivity contribution in [2.75, 3.05) is 13.7 Å². The normalized spacial score (nSPS) is 15.2. The molecule has 0 spiro atoms. The lowest BCUT2D eigenvalue weighted by molar-refractivity contribution is -0.384. The molecule has 4 aromatic rings. The van der Waals surface area contributed by atoms with E-state index in [1.54, 1.807) is 35.9 Å². The fourth-order valence-electron chi connectivity index (χ4n) is 4.54. The Morgan fingerprint density at radius 1 is 1.00 bits per heavy atom. The largest absolute Gasteiger partial charge is 0.497 e. The number of hydrogen-bond donors (Lipinski definition) is 0. The van der Waals surface area contributed by atoms with Crippen molar-refractivity contribution in [2.24, 2.45) is 4.99 Å². The quantitative estimate of drug-likeness (QED) is 0.119. The summed E-state index contributed by atoms with van der Waals surface area (Å²) in [6, 6.07) is 24.3. The van der Waals surface area contributed by atoms with E-state index in [-0.39, 0.29) is 11.6 Å². The Morgan fingerprint density at radius 3 is 2.22 bits per heavy atom. The van der Waals surface area contributed by atoms with Gasteiger partial charge in [0.2, 0.25) is 0 Å². The Hall–Kier alpha value is -4.28. The standard InChI is InChI=1S/C31H28N4O4S2/c1-5-33-30(36)29(41-31(33)32-23-6-12-26(39-4)13-7-23)19-22-18-20(2)34(21(22)3)24-8-14-27(15-9-24)40-28-16-10-25(11-17-28)35(37)38/h6-19H,5H2,1-4H3/b29-19+,32-31?. The number of aromatic nitrogens is 1. The first-order chi connectivity index (χ1) is 19.8. The van der Waals surface area contributed by atoms with Crippen molar-refractivity contribution in [3.8, 4) is 11.4 Å². The third-order valence-electron chi connectivity index (χ3n) is 6.64. The maximum absolute atomic E-state index is 13.2. The number of amidine groups is 1. The van der Waals surface area contributed by atoms with Gasteiger partial charge < -0.3 is 9.30 Å². The average molecular weight is 585 g/mol. The lowest BCUT2D eigenvalue weighted by Gasteiger charge is -2.12. The summed E-state index contributed by atoms with van der Waals surface area (Å²) in [6.45, 7) is 6.57. The molecule has 41 heavy (non-hydrogen) atoms. The molecule has 1 saturated heterocycles. The Labute approximate surface area is 246 Å². The number of ether oxygens (including phenoxy) is 1. The highest BCUT2D eigenvalue weighted by Crippen LogP contribution is 2.36. The molecule has 0 aliphatic carbocycles. The minimum atomic E-state index is -0.397. The molecule has 1 aliphatic heterocycles. The van der Waals surface area contributed by atoms with Crippen molar-refractivity contribution < 1.29 is 14.5 Å². The van der Waals surface area contributed by atoms with Gasteiger partial charge in [0.1, 0.15) is 5.75 Å². The molecule has 0 radical (unpaired) electrons. The van der Waals surface area contributed by atoms with Crippen LogP contribution < -0.4 is 4.74 Å². The van der Waals surface area contributed by atoms with Crippen LogP contribution in [-0.2, 0) is 4.79 Å². The summed E-state index contributed by atoms with van der Waals surface area (Å²) < 4.78 is 7.39. The smallest absolute Gasteiger partial charge is 0.269 e. The summed E-state index contributed by atoms with van der Waals surface area (Å²) in [6.07, 6.45) is 1.95. The molecule has 0 atom stereocenters. The van der Waals surface area contributed by atoms with Gasteiger partial charge in [0.05, 0.1) is 22.6 Å². The van der Waals surface area contributed by atoms with Crippen LogP contribution in [-0.4, -0.2) is 39.1 Å². The lowest BCUT2D eigenvalue weighted by Crippen LogP contribution is -2.28. The molecule has 1 aliphatic rings. The number of likely N-dealkylation sites (N-methyl/N-ethyl adjacent to an activating group) is 1. The maximum Gasteiger partial charge on any atom is 0.269 e. The van der Waals surface area contributed by atoms with Crippen LogP contribution in [0.15, 0.2) is 98.6 Å². The second-order valence-electron chi connectivity index (χ2n) is 9.26. The Morgan fingerprint density at radius 2 is 1.63 bits per heavy atom. The van der Waals surface area contributed by atoms with Gasteiger partial charge in [0, 0.05) is 45.5 Å². The van der Waals surface area contributed by atoms with Crippen molar-refractivity contribution in [3.63, 3.8) is 0 Å². The van der Waals surface area contributed by atoms with E-state index in [2.05, 4.69) is 22.8 Å². The summed E-state index contributed by atoms with van der Waals surface area (Å²) in [5.74, 6) is 0.701. The van der Waals surface area contributed by atoms with Crippen molar-refractivity contribution in [3.05, 3.63) is 111 Å². The third-order valence-corrected chi connectivity index (χ3v) is 8.66. The van der Waals surface area contributed by atoms with Crippen LogP contribution in [0.1, 0.15) is 23.9 Å². The number of non-ortho nitro benzene ring substituents is 1. The number of carbonyl (C=O) groups is 1. The first kappa shape index (κ1) is 28.3. The number of methoxy groups -OCH3 is 1. The van der Waals surface area contributed by atoms with Crippen LogP contribution in [0.5, 0.6) is 5.75 Å². The summed E-state index contributed by atoms with van der Waals surface area (Å²) in [4.78, 5) is 32.8. The molecule has 0 bridgehead atoms. The predicted molar refractivity (Wildman–Crippen MR) is 166 cm³/mol. The number of nitrogens with zero attached hydrogens (tertiary/aromatic N) is 4. The Kier molecular flexibility index (Phi) is 8.32. The number of nitro groups is 1. The van der Waals surface area contributed by atoms with Crippen LogP contribution >= 0.6 is 23.5 Å². The van der Waals surface area contributed by atoms with Gasteiger partial charge in [0.15, 0.2) is 5.17 Å². The number of rotatable bonds is 8. The van der Waals surface area contributed by atoms with Crippen molar-refractivity contribution >= 4 is 52.0 Å². The van der Waals surface area contributed by atoms with Crippen LogP contribution in [0, 0.1) is 24.0 Å². The molecular formula is C31H28N4O4S2. The van der Waals surface area contributed by atoms with E-state index in [9.17, 15) is 14.9 Å². The zero-order chi connectivity index (χ0) is 29.1. The molecule has 208 valence electrons. The molecule has 1 fully saturated rings. The van der Waals surface area contributed by atoms with Gasteiger partial charge in [-0.05, 0) is 111 Å². The summed E-state index contributed by atoms with van der Waals surface area (Å²) >= 11 is 2.93. The third kappa shape index (κ3) is 6.08. The molecular weight excluding hydrogens is 556 g/mol. The zero-order valence-electron chi connectivity index (χ0n) is 23.0. The van der Waals surface area contributed by atoms with E-state index in [0.29, 0.717) is 16.6 Å². The van der Waals surface area contributed by atoms with Gasteiger partial charge in [-0.15, -0.1) is 0 Å². The van der Waals surface area contributed by atoms with Gasteiger partial charge in [-0.25, -0.2) is 4.99 Å². The number of thioether (sulfide) groups is 1. The van der Waals surface area contributed by atoms with E-state index in [1.165, 1.54) is 23.9 Å². The first-order valence-electron chi connectivity index (χ1n) is 12.9. The van der Waals surface area contributed by atoms with Crippen LogP contribution in [0.2, 0.25) is 0 Å². The topological polar surface area (TPSA) is 90.0 Å². The molecule has 3 aromatic carbocycles. The lowest BCUT2D eigenvalue weighted by atomic mass is 10.2. The SMILES string of the molecule is CCN1C(=O)/C(=C\c2cc(C)n(-c3ccc(Sc4ccc([N+](=O)[O-])cc4)cc3)c2C)SC1=Nc1ccc(OC)cc1. The van der Waals surface area contributed by atoms with Gasteiger partial charge in [-0.2, -0.15) is 0 Å². The monoisotopic (exact) mass is 584 g/mol. The van der Waals surface area contributed by atoms with Crippen LogP contribution in [0.25, 0.3) is 11.8 Å². The minimum absolute atomic E-state index is 0.0535. The molecule has 0 unspecified atom stereocenters. The summed E-state index contributed by atoms with van der Waals surface area (Å²) in [7, 11) is 1.62. The number of aliphatic imine (C=N–C) groups is 1. The zero-order valence-corrected chi connectivity index (χ0v) is 24.7. The highest BCUT2D eigenvalue weighted by molar-refractivity contribution is 8.18. The van der Waals surface area contributed by atoms with E-state index in [1.807, 2.05) is 63.2 Å². The Bertz CT molecular complexity index is 1660. The molecule has 2 heterocycles. The fourth-order valence-corrected chi connectivity index (χ4v) is 6.41. The van der Waals surface area contributed by atoms with Crippen molar-refractivity contribution in [1.82, 2.24) is 9.47 Å². The highest BCUT2D eigenvalue weighted by Gasteiger charge is 2.32. The average Bonchev–Trinajstić information content (AvgIpc) is 3.42.